The summed E-state index contributed by atoms with van der Waals surface area (Å²) in [6.07, 6.45) is 0. The first-order chi connectivity index (χ1) is 9.72. The molecule has 0 saturated carbocycles. The molecule has 1 aromatic carbocycles. The monoisotopic (exact) mass is 291 g/mol. The first kappa shape index (κ1) is 14.6. The molecule has 0 atom stereocenters. The van der Waals surface area contributed by atoms with E-state index in [0.717, 1.165) is 16.1 Å². The van der Waals surface area contributed by atoms with Gasteiger partial charge in [0, 0.05) is 25.6 Å². The van der Waals surface area contributed by atoms with Crippen LogP contribution in [0.5, 0.6) is 0 Å². The minimum atomic E-state index is -0.179. The van der Waals surface area contributed by atoms with Gasteiger partial charge in [0.2, 0.25) is 0 Å². The fraction of sp³-hybridized carbons (Fsp3) is 0.286. The van der Waals surface area contributed by atoms with Crippen LogP contribution in [-0.4, -0.2) is 18.0 Å². The molecule has 0 bridgehead atoms. The van der Waals surface area contributed by atoms with Gasteiger partial charge >= 0.3 is 0 Å². The van der Waals surface area contributed by atoms with Gasteiger partial charge in [0.05, 0.1) is 6.61 Å². The number of ether oxygens (including phenoxy) is 1. The van der Waals surface area contributed by atoms with Crippen LogP contribution < -0.4 is 11.1 Å². The second kappa shape index (κ2) is 7.14. The van der Waals surface area contributed by atoms with Gasteiger partial charge in [-0.15, -0.1) is 11.3 Å². The third kappa shape index (κ3) is 3.86. The molecule has 0 unspecified atom stereocenters. The van der Waals surface area contributed by atoms with Crippen LogP contribution in [0.15, 0.2) is 29.6 Å². The SMILES string of the molecule is COCc1ccc(CNC(=O)c2csc(CN)n2)cc1. The Hall–Kier alpha value is -1.76. The maximum Gasteiger partial charge on any atom is 0.271 e. The second-order valence-electron chi connectivity index (χ2n) is 4.26. The lowest BCUT2D eigenvalue weighted by molar-refractivity contribution is 0.0946. The van der Waals surface area contributed by atoms with Crippen molar-refractivity contribution in [1.29, 1.82) is 0 Å². The summed E-state index contributed by atoms with van der Waals surface area (Å²) in [6, 6.07) is 7.92. The van der Waals surface area contributed by atoms with Gasteiger partial charge in [-0.25, -0.2) is 4.98 Å². The molecule has 5 nitrogen and oxygen atoms in total. The minimum Gasteiger partial charge on any atom is -0.380 e. The molecule has 20 heavy (non-hydrogen) atoms. The summed E-state index contributed by atoms with van der Waals surface area (Å²) in [5.74, 6) is -0.179. The Morgan fingerprint density at radius 1 is 1.35 bits per heavy atom. The largest absolute Gasteiger partial charge is 0.380 e. The number of benzene rings is 1. The molecule has 6 heteroatoms. The number of carbonyl (C=O) groups excluding carboxylic acids is 1. The topological polar surface area (TPSA) is 77.2 Å². The number of thiazole rings is 1. The number of amides is 1. The number of nitrogens with two attached hydrogens (primary N) is 1. The van der Waals surface area contributed by atoms with Crippen molar-refractivity contribution in [2.24, 2.45) is 5.73 Å². The Morgan fingerprint density at radius 2 is 2.05 bits per heavy atom. The number of methoxy groups -OCH3 is 1. The van der Waals surface area contributed by atoms with Crippen LogP contribution in [0.1, 0.15) is 26.6 Å². The predicted molar refractivity (Wildman–Crippen MR) is 78.3 cm³/mol. The molecular formula is C14H17N3O2S. The Labute approximate surface area is 121 Å². The molecule has 2 rings (SSSR count). The smallest absolute Gasteiger partial charge is 0.271 e. The number of nitrogens with zero attached hydrogens (tertiary/aromatic N) is 1. The van der Waals surface area contributed by atoms with E-state index in [9.17, 15) is 4.79 Å². The molecule has 1 heterocycles. The molecule has 0 radical (unpaired) electrons. The highest BCUT2D eigenvalue weighted by molar-refractivity contribution is 7.09. The quantitative estimate of drug-likeness (QED) is 0.849. The highest BCUT2D eigenvalue weighted by Gasteiger charge is 2.09. The van der Waals surface area contributed by atoms with Crippen molar-refractivity contribution >= 4 is 17.2 Å². The zero-order valence-electron chi connectivity index (χ0n) is 11.3. The zero-order valence-corrected chi connectivity index (χ0v) is 12.1. The summed E-state index contributed by atoms with van der Waals surface area (Å²) in [5, 5.41) is 5.32. The summed E-state index contributed by atoms with van der Waals surface area (Å²) in [5.41, 5.74) is 8.04. The average molecular weight is 291 g/mol. The molecule has 0 fully saturated rings. The van der Waals surface area contributed by atoms with Gasteiger partial charge in [0.1, 0.15) is 10.7 Å². The molecule has 0 spiro atoms. The Kier molecular flexibility index (Phi) is 5.23. The van der Waals surface area contributed by atoms with Crippen LogP contribution in [0.3, 0.4) is 0 Å². The molecule has 106 valence electrons. The van der Waals surface area contributed by atoms with Gasteiger partial charge in [0.15, 0.2) is 0 Å². The Bertz CT molecular complexity index is 566. The first-order valence-electron chi connectivity index (χ1n) is 6.22. The lowest BCUT2D eigenvalue weighted by Gasteiger charge is -2.05. The lowest BCUT2D eigenvalue weighted by Crippen LogP contribution is -2.23. The third-order valence-electron chi connectivity index (χ3n) is 2.75. The van der Waals surface area contributed by atoms with Gasteiger partial charge in [-0.1, -0.05) is 24.3 Å². The zero-order chi connectivity index (χ0) is 14.4. The fourth-order valence-electron chi connectivity index (χ4n) is 1.70. The molecule has 1 aromatic heterocycles. The second-order valence-corrected chi connectivity index (χ2v) is 5.21. The summed E-state index contributed by atoms with van der Waals surface area (Å²) in [7, 11) is 1.66. The summed E-state index contributed by atoms with van der Waals surface area (Å²) in [6.45, 7) is 1.42. The lowest BCUT2D eigenvalue weighted by atomic mass is 10.1. The van der Waals surface area contributed by atoms with E-state index < -0.39 is 0 Å². The number of nitrogens with one attached hydrogen (secondary N) is 1. The Balaban J connectivity index is 1.89. The maximum atomic E-state index is 11.9. The van der Waals surface area contributed by atoms with Crippen molar-refractivity contribution in [2.75, 3.05) is 7.11 Å². The highest BCUT2D eigenvalue weighted by Crippen LogP contribution is 2.09. The minimum absolute atomic E-state index is 0.179. The van der Waals surface area contributed by atoms with Crippen molar-refractivity contribution in [3.8, 4) is 0 Å². The molecule has 3 N–H and O–H groups in total. The van der Waals surface area contributed by atoms with Crippen molar-refractivity contribution < 1.29 is 9.53 Å². The van der Waals surface area contributed by atoms with E-state index in [1.54, 1.807) is 12.5 Å². The van der Waals surface area contributed by atoms with E-state index in [2.05, 4.69) is 10.3 Å². The van der Waals surface area contributed by atoms with Crippen molar-refractivity contribution in [3.05, 3.63) is 51.5 Å². The van der Waals surface area contributed by atoms with Crippen LogP contribution in [0, 0.1) is 0 Å². The number of carbonyl (C=O) groups is 1. The van der Waals surface area contributed by atoms with Crippen LogP contribution >= 0.6 is 11.3 Å². The number of aromatic nitrogens is 1. The normalized spacial score (nSPS) is 10.5. The fourth-order valence-corrected chi connectivity index (χ4v) is 2.36. The van der Waals surface area contributed by atoms with Crippen LogP contribution in [-0.2, 0) is 24.4 Å². The van der Waals surface area contributed by atoms with E-state index >= 15 is 0 Å². The van der Waals surface area contributed by atoms with Gasteiger partial charge in [-0.3, -0.25) is 4.79 Å². The highest BCUT2D eigenvalue weighted by atomic mass is 32.1. The van der Waals surface area contributed by atoms with Crippen molar-refractivity contribution in [3.63, 3.8) is 0 Å². The van der Waals surface area contributed by atoms with E-state index in [4.69, 9.17) is 10.5 Å². The van der Waals surface area contributed by atoms with E-state index in [1.807, 2.05) is 24.3 Å². The van der Waals surface area contributed by atoms with Crippen LogP contribution in [0.4, 0.5) is 0 Å². The maximum absolute atomic E-state index is 11.9. The number of hydrogen-bond donors (Lipinski definition) is 2. The molecular weight excluding hydrogens is 274 g/mol. The summed E-state index contributed by atoms with van der Waals surface area (Å²) < 4.78 is 5.05. The van der Waals surface area contributed by atoms with Gasteiger partial charge in [-0.2, -0.15) is 0 Å². The number of rotatable bonds is 6. The molecule has 2 aromatic rings. The van der Waals surface area contributed by atoms with E-state index in [1.165, 1.54) is 11.3 Å². The molecule has 0 aliphatic heterocycles. The number of hydrogen-bond acceptors (Lipinski definition) is 5. The predicted octanol–water partition coefficient (Wildman–Crippen LogP) is 1.68. The third-order valence-corrected chi connectivity index (χ3v) is 3.62. The average Bonchev–Trinajstić information content (AvgIpc) is 2.95. The molecule has 0 aliphatic rings. The van der Waals surface area contributed by atoms with Crippen LogP contribution in [0.2, 0.25) is 0 Å². The van der Waals surface area contributed by atoms with Gasteiger partial charge < -0.3 is 15.8 Å². The molecule has 0 saturated heterocycles. The summed E-state index contributed by atoms with van der Waals surface area (Å²) >= 11 is 1.40. The van der Waals surface area contributed by atoms with Crippen molar-refractivity contribution in [2.45, 2.75) is 19.7 Å². The van der Waals surface area contributed by atoms with Crippen molar-refractivity contribution in [1.82, 2.24) is 10.3 Å². The van der Waals surface area contributed by atoms with E-state index in [0.29, 0.717) is 25.4 Å². The summed E-state index contributed by atoms with van der Waals surface area (Å²) in [4.78, 5) is 16.0. The van der Waals surface area contributed by atoms with E-state index in [-0.39, 0.29) is 5.91 Å². The standard InChI is InChI=1S/C14H17N3O2S/c1-19-8-11-4-2-10(3-5-11)7-16-14(18)12-9-20-13(6-15)17-12/h2-5,9H,6-8,15H2,1H3,(H,16,18). The first-order valence-corrected chi connectivity index (χ1v) is 7.10. The molecule has 0 aliphatic carbocycles. The Morgan fingerprint density at radius 3 is 2.65 bits per heavy atom. The van der Waals surface area contributed by atoms with Gasteiger partial charge in [-0.05, 0) is 11.1 Å². The van der Waals surface area contributed by atoms with Gasteiger partial charge in [0.25, 0.3) is 5.91 Å². The van der Waals surface area contributed by atoms with Crippen LogP contribution in [0.25, 0.3) is 0 Å². The molecule has 1 amide bonds.